The summed E-state index contributed by atoms with van der Waals surface area (Å²) in [6.07, 6.45) is 2.40. The summed E-state index contributed by atoms with van der Waals surface area (Å²) in [6.45, 7) is 3.41. The lowest BCUT2D eigenvalue weighted by Gasteiger charge is -2.30. The quantitative estimate of drug-likeness (QED) is 0.885. The number of anilines is 1. The number of nitrogens with zero attached hydrogens (tertiary/aromatic N) is 2. The Balaban J connectivity index is 0.00000156. The van der Waals surface area contributed by atoms with E-state index in [1.165, 1.54) is 11.3 Å². The second kappa shape index (κ2) is 7.01. The molecule has 0 aromatic heterocycles. The monoisotopic (exact) mass is 353 g/mol. The fourth-order valence-corrected chi connectivity index (χ4v) is 5.23. The van der Waals surface area contributed by atoms with Gasteiger partial charge in [0.2, 0.25) is 5.91 Å². The van der Waals surface area contributed by atoms with Gasteiger partial charge >= 0.3 is 0 Å². The average molecular weight is 354 g/mol. The lowest BCUT2D eigenvalue weighted by Crippen LogP contribution is -2.43. The summed E-state index contributed by atoms with van der Waals surface area (Å²) in [7, 11) is 0. The zero-order valence-electron chi connectivity index (χ0n) is 13.2. The van der Waals surface area contributed by atoms with E-state index in [1.807, 2.05) is 28.8 Å². The first-order valence-corrected chi connectivity index (χ1v) is 9.21. The lowest BCUT2D eigenvalue weighted by molar-refractivity contribution is -0.119. The molecule has 4 nitrogen and oxygen atoms in total. The standard InChI is InChI=1S/C17H23N3OS.ClH/c18-14-6-5-12-9-19(10-13(12)14)11-17(21)20-7-8-22-16-4-2-1-3-15(16)20;/h1-4,12-14H,5-11,18H2;1H. The van der Waals surface area contributed by atoms with Crippen molar-refractivity contribution in [2.24, 2.45) is 17.6 Å². The van der Waals surface area contributed by atoms with Gasteiger partial charge in [-0.05, 0) is 36.8 Å². The van der Waals surface area contributed by atoms with E-state index in [0.717, 1.165) is 37.5 Å². The van der Waals surface area contributed by atoms with Crippen LogP contribution in [0.1, 0.15) is 12.8 Å². The SMILES string of the molecule is Cl.NC1CCC2CN(CC(=O)N3CCSc4ccccc43)CC12. The number of halogens is 1. The number of thioether (sulfide) groups is 1. The highest BCUT2D eigenvalue weighted by Crippen LogP contribution is 2.38. The molecule has 0 spiro atoms. The number of amides is 1. The smallest absolute Gasteiger partial charge is 0.241 e. The number of nitrogens with two attached hydrogens (primary N) is 1. The molecule has 126 valence electrons. The van der Waals surface area contributed by atoms with E-state index in [2.05, 4.69) is 17.0 Å². The normalized spacial score (nSPS) is 29.8. The van der Waals surface area contributed by atoms with E-state index in [9.17, 15) is 4.79 Å². The fraction of sp³-hybridized carbons (Fsp3) is 0.588. The molecule has 3 aliphatic rings. The van der Waals surface area contributed by atoms with Gasteiger partial charge in [0.1, 0.15) is 0 Å². The van der Waals surface area contributed by atoms with E-state index < -0.39 is 0 Å². The zero-order valence-corrected chi connectivity index (χ0v) is 14.8. The van der Waals surface area contributed by atoms with Crippen LogP contribution in [0, 0.1) is 11.8 Å². The summed E-state index contributed by atoms with van der Waals surface area (Å²) in [5.74, 6) is 2.55. The van der Waals surface area contributed by atoms with Crippen LogP contribution in [0.4, 0.5) is 5.69 Å². The molecule has 1 saturated heterocycles. The minimum Gasteiger partial charge on any atom is -0.327 e. The van der Waals surface area contributed by atoms with Gasteiger partial charge in [-0.15, -0.1) is 24.2 Å². The molecule has 4 rings (SSSR count). The zero-order chi connectivity index (χ0) is 15.1. The Morgan fingerprint density at radius 1 is 1.26 bits per heavy atom. The number of likely N-dealkylation sites (tertiary alicyclic amines) is 1. The Bertz CT molecular complexity index is 585. The van der Waals surface area contributed by atoms with Gasteiger partial charge in [-0.2, -0.15) is 0 Å². The van der Waals surface area contributed by atoms with Crippen molar-refractivity contribution in [1.82, 2.24) is 4.90 Å². The van der Waals surface area contributed by atoms with Crippen molar-refractivity contribution in [3.63, 3.8) is 0 Å². The van der Waals surface area contributed by atoms with Gasteiger partial charge in [-0.3, -0.25) is 9.69 Å². The van der Waals surface area contributed by atoms with E-state index in [-0.39, 0.29) is 18.3 Å². The predicted octanol–water partition coefficient (Wildman–Crippen LogP) is 2.22. The minimum atomic E-state index is 0. The molecule has 1 aliphatic carbocycles. The second-order valence-corrected chi connectivity index (χ2v) is 7.86. The number of para-hydroxylation sites is 1. The molecule has 1 aromatic carbocycles. The van der Waals surface area contributed by atoms with Gasteiger partial charge < -0.3 is 10.6 Å². The molecule has 3 atom stereocenters. The van der Waals surface area contributed by atoms with Gasteiger partial charge in [0.25, 0.3) is 0 Å². The highest BCUT2D eigenvalue weighted by Gasteiger charge is 2.41. The molecule has 1 aromatic rings. The highest BCUT2D eigenvalue weighted by atomic mass is 35.5. The molecule has 2 N–H and O–H groups in total. The number of hydrogen-bond donors (Lipinski definition) is 1. The lowest BCUT2D eigenvalue weighted by atomic mass is 9.98. The van der Waals surface area contributed by atoms with E-state index in [1.54, 1.807) is 0 Å². The second-order valence-electron chi connectivity index (χ2n) is 6.72. The molecule has 1 amide bonds. The third-order valence-corrected chi connectivity index (χ3v) is 6.42. The number of carbonyl (C=O) groups is 1. The summed E-state index contributed by atoms with van der Waals surface area (Å²) in [4.78, 5) is 18.3. The van der Waals surface area contributed by atoms with Crippen LogP contribution in [0.2, 0.25) is 0 Å². The van der Waals surface area contributed by atoms with Gasteiger partial charge in [-0.1, -0.05) is 12.1 Å². The average Bonchev–Trinajstić information content (AvgIpc) is 3.08. The minimum absolute atomic E-state index is 0. The summed E-state index contributed by atoms with van der Waals surface area (Å²) in [5.41, 5.74) is 7.28. The van der Waals surface area contributed by atoms with Crippen molar-refractivity contribution < 1.29 is 4.79 Å². The van der Waals surface area contributed by atoms with Gasteiger partial charge in [0.05, 0.1) is 12.2 Å². The van der Waals surface area contributed by atoms with Crippen molar-refractivity contribution in [1.29, 1.82) is 0 Å². The van der Waals surface area contributed by atoms with E-state index >= 15 is 0 Å². The molecule has 3 unspecified atom stereocenters. The molecule has 6 heteroatoms. The summed E-state index contributed by atoms with van der Waals surface area (Å²) >= 11 is 1.84. The number of fused-ring (bicyclic) bond motifs is 2. The molecular formula is C17H24ClN3OS. The van der Waals surface area contributed by atoms with Crippen LogP contribution in [0.15, 0.2) is 29.2 Å². The number of hydrogen-bond acceptors (Lipinski definition) is 4. The molecule has 2 aliphatic heterocycles. The van der Waals surface area contributed by atoms with Crippen molar-refractivity contribution in [3.05, 3.63) is 24.3 Å². The van der Waals surface area contributed by atoms with Crippen LogP contribution in [-0.2, 0) is 4.79 Å². The first kappa shape index (κ1) is 17.1. The predicted molar refractivity (Wildman–Crippen MR) is 97.4 cm³/mol. The summed E-state index contributed by atoms with van der Waals surface area (Å²) < 4.78 is 0. The van der Waals surface area contributed by atoms with Crippen molar-refractivity contribution >= 4 is 35.8 Å². The van der Waals surface area contributed by atoms with E-state index in [4.69, 9.17) is 5.73 Å². The maximum absolute atomic E-state index is 12.8. The third kappa shape index (κ3) is 3.25. The Morgan fingerprint density at radius 3 is 2.91 bits per heavy atom. The first-order valence-electron chi connectivity index (χ1n) is 8.22. The van der Waals surface area contributed by atoms with Crippen LogP contribution in [0.5, 0.6) is 0 Å². The molecule has 0 bridgehead atoms. The molecule has 2 heterocycles. The molecule has 0 radical (unpaired) electrons. The maximum Gasteiger partial charge on any atom is 0.241 e. The third-order valence-electron chi connectivity index (χ3n) is 5.38. The van der Waals surface area contributed by atoms with Crippen LogP contribution < -0.4 is 10.6 Å². The van der Waals surface area contributed by atoms with E-state index in [0.29, 0.717) is 24.4 Å². The Kier molecular flexibility index (Phi) is 5.21. The van der Waals surface area contributed by atoms with Gasteiger partial charge in [0.15, 0.2) is 0 Å². The maximum atomic E-state index is 12.8. The van der Waals surface area contributed by atoms with Crippen LogP contribution >= 0.6 is 24.2 Å². The van der Waals surface area contributed by atoms with Crippen molar-refractivity contribution in [3.8, 4) is 0 Å². The largest absolute Gasteiger partial charge is 0.327 e. The fourth-order valence-electron chi connectivity index (χ4n) is 4.23. The van der Waals surface area contributed by atoms with Gasteiger partial charge in [0, 0.05) is 36.3 Å². The first-order chi connectivity index (χ1) is 10.7. The molecular weight excluding hydrogens is 330 g/mol. The molecule has 23 heavy (non-hydrogen) atoms. The number of benzene rings is 1. The molecule has 1 saturated carbocycles. The Labute approximate surface area is 148 Å². The Morgan fingerprint density at radius 2 is 2.09 bits per heavy atom. The Hall–Kier alpha value is -0.750. The van der Waals surface area contributed by atoms with Gasteiger partial charge in [-0.25, -0.2) is 0 Å². The number of carbonyl (C=O) groups excluding carboxylic acids is 1. The van der Waals surface area contributed by atoms with Crippen LogP contribution in [0.3, 0.4) is 0 Å². The van der Waals surface area contributed by atoms with Crippen LogP contribution in [0.25, 0.3) is 0 Å². The van der Waals surface area contributed by atoms with Crippen molar-refractivity contribution in [2.75, 3.05) is 36.8 Å². The summed E-state index contributed by atoms with van der Waals surface area (Å²) in [5, 5.41) is 0. The summed E-state index contributed by atoms with van der Waals surface area (Å²) in [6, 6.07) is 8.58. The number of rotatable bonds is 2. The van der Waals surface area contributed by atoms with Crippen molar-refractivity contribution in [2.45, 2.75) is 23.8 Å². The topological polar surface area (TPSA) is 49.6 Å². The van der Waals surface area contributed by atoms with Crippen LogP contribution in [-0.4, -0.2) is 48.8 Å². The highest BCUT2D eigenvalue weighted by molar-refractivity contribution is 7.99. The molecule has 2 fully saturated rings.